The Balaban J connectivity index is 1.71. The molecule has 0 unspecified atom stereocenters. The number of nitrogens with one attached hydrogen (secondary N) is 1. The van der Waals surface area contributed by atoms with Gasteiger partial charge in [0.25, 0.3) is 5.91 Å². The van der Waals surface area contributed by atoms with E-state index in [2.05, 4.69) is 25.3 Å². The van der Waals surface area contributed by atoms with Crippen molar-refractivity contribution >= 4 is 16.8 Å². The van der Waals surface area contributed by atoms with Gasteiger partial charge in [-0.1, -0.05) is 30.3 Å². The van der Waals surface area contributed by atoms with Gasteiger partial charge in [0.15, 0.2) is 5.82 Å². The number of rotatable bonds is 5. The van der Waals surface area contributed by atoms with Crippen LogP contribution < -0.4 is 0 Å². The normalized spacial score (nSPS) is 11.0. The maximum absolute atomic E-state index is 13.1. The minimum absolute atomic E-state index is 0.138. The monoisotopic (exact) mass is 362 g/mol. The van der Waals surface area contributed by atoms with Crippen molar-refractivity contribution in [3.63, 3.8) is 0 Å². The Hall–Kier alpha value is -3.55. The Kier molecular flexibility index (Phi) is 4.37. The highest BCUT2D eigenvalue weighted by Crippen LogP contribution is 2.25. The Morgan fingerprint density at radius 2 is 2.11 bits per heavy atom. The average molecular weight is 362 g/mol. The van der Waals surface area contributed by atoms with Crippen molar-refractivity contribution in [1.29, 1.82) is 0 Å². The van der Waals surface area contributed by atoms with Crippen LogP contribution in [0.25, 0.3) is 22.2 Å². The van der Waals surface area contributed by atoms with Gasteiger partial charge >= 0.3 is 0 Å². The molecule has 8 nitrogen and oxygen atoms in total. The quantitative estimate of drug-likeness (QED) is 0.586. The number of H-pyrrole nitrogens is 1. The van der Waals surface area contributed by atoms with E-state index in [4.69, 9.17) is 4.52 Å². The van der Waals surface area contributed by atoms with E-state index in [9.17, 15) is 4.79 Å². The summed E-state index contributed by atoms with van der Waals surface area (Å²) >= 11 is 0. The number of pyridine rings is 1. The maximum Gasteiger partial charge on any atom is 0.254 e. The molecule has 0 saturated heterocycles. The summed E-state index contributed by atoms with van der Waals surface area (Å²) in [7, 11) is 1.72. The largest absolute Gasteiger partial charge is 0.339 e. The zero-order valence-electron chi connectivity index (χ0n) is 15.0. The first-order chi connectivity index (χ1) is 13.2. The number of carbonyl (C=O) groups is 1. The number of benzene rings is 1. The molecule has 3 heterocycles. The molecule has 1 aromatic carbocycles. The van der Waals surface area contributed by atoms with E-state index in [-0.39, 0.29) is 12.5 Å². The van der Waals surface area contributed by atoms with Crippen molar-refractivity contribution in [1.82, 2.24) is 30.2 Å². The number of nitrogens with zero attached hydrogens (tertiary/aromatic N) is 5. The number of para-hydroxylation sites is 1. The zero-order valence-corrected chi connectivity index (χ0v) is 15.0. The van der Waals surface area contributed by atoms with E-state index in [1.165, 1.54) is 0 Å². The fourth-order valence-electron chi connectivity index (χ4n) is 2.88. The van der Waals surface area contributed by atoms with E-state index in [0.717, 1.165) is 16.5 Å². The van der Waals surface area contributed by atoms with E-state index >= 15 is 0 Å². The number of carbonyl (C=O) groups excluding carboxylic acids is 1. The topological polar surface area (TPSA) is 101 Å². The number of aromatic nitrogens is 5. The fraction of sp³-hybridized carbons (Fsp3) is 0.211. The molecule has 3 aromatic heterocycles. The molecular weight excluding hydrogens is 344 g/mol. The van der Waals surface area contributed by atoms with Gasteiger partial charge in [-0.15, -0.1) is 0 Å². The second-order valence-corrected chi connectivity index (χ2v) is 6.18. The zero-order chi connectivity index (χ0) is 18.8. The van der Waals surface area contributed by atoms with Gasteiger partial charge in [0, 0.05) is 30.6 Å². The summed E-state index contributed by atoms with van der Waals surface area (Å²) in [6, 6.07) is 9.37. The van der Waals surface area contributed by atoms with Crippen LogP contribution in [0, 0.1) is 0 Å². The van der Waals surface area contributed by atoms with Crippen LogP contribution in [-0.4, -0.2) is 43.2 Å². The van der Waals surface area contributed by atoms with Gasteiger partial charge in [0.2, 0.25) is 5.89 Å². The van der Waals surface area contributed by atoms with Crippen molar-refractivity contribution in [3.8, 4) is 11.3 Å². The number of hydrogen-bond acceptors (Lipinski definition) is 6. The third-order valence-electron chi connectivity index (χ3n) is 4.28. The second kappa shape index (κ2) is 6.99. The van der Waals surface area contributed by atoms with E-state index in [0.29, 0.717) is 29.4 Å². The molecule has 8 heteroatoms. The van der Waals surface area contributed by atoms with Gasteiger partial charge < -0.3 is 9.42 Å². The molecule has 1 N–H and O–H groups in total. The molecule has 0 fully saturated rings. The number of hydrogen-bond donors (Lipinski definition) is 1. The SMILES string of the molecule is CCc1nc(CN(C)C(=O)c2cc(-c3cn[nH]c3)nc3ccccc23)no1. The van der Waals surface area contributed by atoms with E-state index in [1.807, 2.05) is 31.2 Å². The lowest BCUT2D eigenvalue weighted by molar-refractivity contribution is 0.0782. The number of fused-ring (bicyclic) bond motifs is 1. The summed E-state index contributed by atoms with van der Waals surface area (Å²) in [5.74, 6) is 0.903. The predicted octanol–water partition coefficient (Wildman–Crippen LogP) is 2.84. The van der Waals surface area contributed by atoms with Crippen molar-refractivity contribution in [2.24, 2.45) is 0 Å². The summed E-state index contributed by atoms with van der Waals surface area (Å²) in [4.78, 5) is 23.6. The van der Waals surface area contributed by atoms with Crippen LogP contribution in [-0.2, 0) is 13.0 Å². The molecule has 0 spiro atoms. The molecule has 0 aliphatic carbocycles. The van der Waals surface area contributed by atoms with Gasteiger partial charge in [-0.3, -0.25) is 9.89 Å². The van der Waals surface area contributed by atoms with Gasteiger partial charge in [0.05, 0.1) is 29.5 Å². The molecule has 0 radical (unpaired) electrons. The number of aromatic amines is 1. The van der Waals surface area contributed by atoms with Crippen molar-refractivity contribution in [3.05, 3.63) is 60.0 Å². The highest BCUT2D eigenvalue weighted by molar-refractivity contribution is 6.07. The van der Waals surface area contributed by atoms with Gasteiger partial charge in [-0.05, 0) is 12.1 Å². The smallest absolute Gasteiger partial charge is 0.254 e. The standard InChI is InChI=1S/C19H18N6O2/c1-3-18-23-17(24-27-18)11-25(2)19(26)14-8-16(12-9-20-21-10-12)22-15-7-5-4-6-13(14)15/h4-10H,3,11H2,1-2H3,(H,20,21). The molecule has 1 amide bonds. The summed E-state index contributed by atoms with van der Waals surface area (Å²) in [5.41, 5.74) is 2.83. The van der Waals surface area contributed by atoms with Gasteiger partial charge in [0.1, 0.15) is 0 Å². The fourth-order valence-corrected chi connectivity index (χ4v) is 2.88. The first-order valence-corrected chi connectivity index (χ1v) is 8.61. The van der Waals surface area contributed by atoms with Gasteiger partial charge in [-0.25, -0.2) is 4.98 Å². The molecule has 4 rings (SSSR count). The lowest BCUT2D eigenvalue weighted by atomic mass is 10.0. The van der Waals surface area contributed by atoms with Crippen LogP contribution >= 0.6 is 0 Å². The Morgan fingerprint density at radius 3 is 2.85 bits per heavy atom. The molecule has 0 atom stereocenters. The third kappa shape index (κ3) is 3.29. The van der Waals surface area contributed by atoms with Gasteiger partial charge in [-0.2, -0.15) is 10.1 Å². The van der Waals surface area contributed by atoms with Crippen LogP contribution in [0.15, 0.2) is 47.2 Å². The van der Waals surface area contributed by atoms with E-state index in [1.54, 1.807) is 30.4 Å². The molecule has 0 saturated carbocycles. The van der Waals surface area contributed by atoms with Crippen LogP contribution in [0.1, 0.15) is 29.0 Å². The van der Waals surface area contributed by atoms with Crippen LogP contribution in [0.3, 0.4) is 0 Å². The van der Waals surface area contributed by atoms with E-state index < -0.39 is 0 Å². The molecule has 136 valence electrons. The second-order valence-electron chi connectivity index (χ2n) is 6.18. The van der Waals surface area contributed by atoms with Crippen molar-refractivity contribution < 1.29 is 9.32 Å². The lowest BCUT2D eigenvalue weighted by Crippen LogP contribution is -2.27. The molecule has 0 aliphatic heterocycles. The Morgan fingerprint density at radius 1 is 1.26 bits per heavy atom. The Labute approximate surface area is 155 Å². The lowest BCUT2D eigenvalue weighted by Gasteiger charge is -2.17. The minimum Gasteiger partial charge on any atom is -0.339 e. The van der Waals surface area contributed by atoms with Crippen molar-refractivity contribution in [2.75, 3.05) is 7.05 Å². The summed E-state index contributed by atoms with van der Waals surface area (Å²) in [6.07, 6.45) is 4.09. The van der Waals surface area contributed by atoms with Crippen molar-refractivity contribution in [2.45, 2.75) is 19.9 Å². The molecule has 27 heavy (non-hydrogen) atoms. The highest BCUT2D eigenvalue weighted by Gasteiger charge is 2.19. The first kappa shape index (κ1) is 16.9. The maximum atomic E-state index is 13.1. The molecule has 0 aliphatic rings. The van der Waals surface area contributed by atoms with Crippen LogP contribution in [0.4, 0.5) is 0 Å². The predicted molar refractivity (Wildman–Crippen MR) is 98.8 cm³/mol. The first-order valence-electron chi connectivity index (χ1n) is 8.61. The third-order valence-corrected chi connectivity index (χ3v) is 4.28. The number of amides is 1. The average Bonchev–Trinajstić information content (AvgIpc) is 3.38. The molecular formula is C19H18N6O2. The molecule has 0 bridgehead atoms. The highest BCUT2D eigenvalue weighted by atomic mass is 16.5. The number of aryl methyl sites for hydroxylation is 1. The van der Waals surface area contributed by atoms with Crippen LogP contribution in [0.5, 0.6) is 0 Å². The summed E-state index contributed by atoms with van der Waals surface area (Å²) in [5, 5.41) is 11.5. The Bertz CT molecular complexity index is 1090. The minimum atomic E-state index is -0.138. The van der Waals surface area contributed by atoms with Crippen LogP contribution in [0.2, 0.25) is 0 Å². The summed E-state index contributed by atoms with van der Waals surface area (Å²) < 4.78 is 5.12. The summed E-state index contributed by atoms with van der Waals surface area (Å²) in [6.45, 7) is 2.20. The molecule has 4 aromatic rings.